The summed E-state index contributed by atoms with van der Waals surface area (Å²) in [6, 6.07) is 4.26. The lowest BCUT2D eigenvalue weighted by Gasteiger charge is -2.31. The molecule has 94 valence electrons. The van der Waals surface area contributed by atoms with E-state index in [1.165, 1.54) is 24.9 Å². The molecule has 1 aromatic heterocycles. The molecular formula is C14H23N3. The topological polar surface area (TPSA) is 42.1 Å². The van der Waals surface area contributed by atoms with Gasteiger partial charge in [0.05, 0.1) is 17.6 Å². The summed E-state index contributed by atoms with van der Waals surface area (Å²) < 4.78 is 0. The van der Waals surface area contributed by atoms with Gasteiger partial charge in [-0.3, -0.25) is 4.98 Å². The van der Waals surface area contributed by atoms with E-state index in [0.29, 0.717) is 0 Å². The molecule has 1 heterocycles. The molecule has 1 unspecified atom stereocenters. The SMILES string of the molecule is CCC(N)c1ccc(N(C)CC2CCC2)cn1. The Morgan fingerprint density at radius 1 is 1.47 bits per heavy atom. The maximum Gasteiger partial charge on any atom is 0.0572 e. The van der Waals surface area contributed by atoms with Gasteiger partial charge in [-0.2, -0.15) is 0 Å². The monoisotopic (exact) mass is 233 g/mol. The summed E-state index contributed by atoms with van der Waals surface area (Å²) in [5, 5.41) is 0. The standard InChI is InChI=1S/C14H23N3/c1-3-13(15)14-8-7-12(9-16-14)17(2)10-11-5-4-6-11/h7-9,11,13H,3-6,10,15H2,1-2H3. The molecule has 17 heavy (non-hydrogen) atoms. The number of nitrogens with two attached hydrogens (primary N) is 1. The van der Waals surface area contributed by atoms with E-state index in [4.69, 9.17) is 5.73 Å². The third-order valence-corrected chi connectivity index (χ3v) is 3.79. The van der Waals surface area contributed by atoms with Crippen LogP contribution in [0.1, 0.15) is 44.3 Å². The number of nitrogens with zero attached hydrogens (tertiary/aromatic N) is 2. The Morgan fingerprint density at radius 2 is 2.24 bits per heavy atom. The van der Waals surface area contributed by atoms with Gasteiger partial charge >= 0.3 is 0 Å². The summed E-state index contributed by atoms with van der Waals surface area (Å²) in [4.78, 5) is 6.76. The Labute approximate surface area is 104 Å². The molecule has 0 aromatic carbocycles. The molecule has 2 rings (SSSR count). The van der Waals surface area contributed by atoms with Crippen LogP contribution in [0.5, 0.6) is 0 Å². The first-order chi connectivity index (χ1) is 8.20. The summed E-state index contributed by atoms with van der Waals surface area (Å²) >= 11 is 0. The molecule has 3 nitrogen and oxygen atoms in total. The number of pyridine rings is 1. The lowest BCUT2D eigenvalue weighted by atomic mass is 9.85. The molecular weight excluding hydrogens is 210 g/mol. The van der Waals surface area contributed by atoms with Crippen molar-refractivity contribution >= 4 is 5.69 Å². The first kappa shape index (κ1) is 12.4. The molecule has 1 atom stereocenters. The van der Waals surface area contributed by atoms with Gasteiger partial charge in [0.25, 0.3) is 0 Å². The van der Waals surface area contributed by atoms with Gasteiger partial charge in [0.15, 0.2) is 0 Å². The largest absolute Gasteiger partial charge is 0.373 e. The lowest BCUT2D eigenvalue weighted by molar-refractivity contribution is 0.321. The van der Waals surface area contributed by atoms with Crippen molar-refractivity contribution in [2.45, 2.75) is 38.6 Å². The van der Waals surface area contributed by atoms with E-state index in [1.807, 2.05) is 6.20 Å². The Balaban J connectivity index is 1.96. The minimum atomic E-state index is 0.0704. The van der Waals surface area contributed by atoms with E-state index < -0.39 is 0 Å². The Kier molecular flexibility index (Phi) is 4.00. The maximum atomic E-state index is 5.96. The second-order valence-electron chi connectivity index (χ2n) is 5.13. The molecule has 2 N–H and O–H groups in total. The Bertz CT molecular complexity index is 343. The van der Waals surface area contributed by atoms with Gasteiger partial charge in [-0.15, -0.1) is 0 Å². The number of aromatic nitrogens is 1. The van der Waals surface area contributed by atoms with Gasteiger partial charge < -0.3 is 10.6 Å². The Hall–Kier alpha value is -1.09. The second kappa shape index (κ2) is 5.50. The highest BCUT2D eigenvalue weighted by Crippen LogP contribution is 2.28. The quantitative estimate of drug-likeness (QED) is 0.850. The van der Waals surface area contributed by atoms with E-state index in [-0.39, 0.29) is 6.04 Å². The van der Waals surface area contributed by atoms with Crippen molar-refractivity contribution in [1.82, 2.24) is 4.98 Å². The zero-order valence-corrected chi connectivity index (χ0v) is 10.9. The third kappa shape index (κ3) is 2.97. The first-order valence-electron chi connectivity index (χ1n) is 6.63. The van der Waals surface area contributed by atoms with Crippen molar-refractivity contribution < 1.29 is 0 Å². The number of rotatable bonds is 5. The molecule has 1 saturated carbocycles. The average Bonchev–Trinajstić information content (AvgIpc) is 2.32. The van der Waals surface area contributed by atoms with Gasteiger partial charge in [-0.05, 0) is 37.3 Å². The van der Waals surface area contributed by atoms with Gasteiger partial charge in [-0.1, -0.05) is 13.3 Å². The summed E-state index contributed by atoms with van der Waals surface area (Å²) in [5.41, 5.74) is 8.15. The molecule has 1 aliphatic carbocycles. The van der Waals surface area contributed by atoms with E-state index >= 15 is 0 Å². The van der Waals surface area contributed by atoms with Crippen LogP contribution in [-0.2, 0) is 0 Å². The van der Waals surface area contributed by atoms with Crippen LogP contribution in [0.2, 0.25) is 0 Å². The fraction of sp³-hybridized carbons (Fsp3) is 0.643. The summed E-state index contributed by atoms with van der Waals surface area (Å²) in [7, 11) is 2.15. The van der Waals surface area contributed by atoms with Crippen molar-refractivity contribution in [3.8, 4) is 0 Å². The van der Waals surface area contributed by atoms with Crippen LogP contribution in [0.3, 0.4) is 0 Å². The zero-order valence-electron chi connectivity index (χ0n) is 10.9. The molecule has 0 amide bonds. The fourth-order valence-electron chi connectivity index (χ4n) is 2.22. The molecule has 0 saturated heterocycles. The van der Waals surface area contributed by atoms with Crippen LogP contribution in [0.4, 0.5) is 5.69 Å². The predicted molar refractivity (Wildman–Crippen MR) is 72.1 cm³/mol. The van der Waals surface area contributed by atoms with Crippen LogP contribution in [0, 0.1) is 5.92 Å². The number of hydrogen-bond donors (Lipinski definition) is 1. The van der Waals surface area contributed by atoms with E-state index in [2.05, 4.69) is 36.0 Å². The predicted octanol–water partition coefficient (Wildman–Crippen LogP) is 2.73. The molecule has 1 fully saturated rings. The molecule has 3 heteroatoms. The van der Waals surface area contributed by atoms with E-state index in [1.54, 1.807) is 0 Å². The lowest BCUT2D eigenvalue weighted by Crippen LogP contribution is -2.29. The van der Waals surface area contributed by atoms with Crippen molar-refractivity contribution in [1.29, 1.82) is 0 Å². The Morgan fingerprint density at radius 3 is 2.71 bits per heavy atom. The first-order valence-corrected chi connectivity index (χ1v) is 6.63. The molecule has 0 spiro atoms. The summed E-state index contributed by atoms with van der Waals surface area (Å²) in [6.45, 7) is 3.24. The molecule has 0 bridgehead atoms. The van der Waals surface area contributed by atoms with Crippen LogP contribution in [-0.4, -0.2) is 18.6 Å². The third-order valence-electron chi connectivity index (χ3n) is 3.79. The van der Waals surface area contributed by atoms with Crippen molar-refractivity contribution in [3.05, 3.63) is 24.0 Å². The van der Waals surface area contributed by atoms with Crippen molar-refractivity contribution in [2.24, 2.45) is 11.7 Å². The highest BCUT2D eigenvalue weighted by Gasteiger charge is 2.19. The van der Waals surface area contributed by atoms with Gasteiger partial charge in [0.2, 0.25) is 0 Å². The second-order valence-corrected chi connectivity index (χ2v) is 5.13. The number of anilines is 1. The minimum Gasteiger partial charge on any atom is -0.373 e. The van der Waals surface area contributed by atoms with Crippen molar-refractivity contribution in [3.63, 3.8) is 0 Å². The smallest absolute Gasteiger partial charge is 0.0572 e. The fourth-order valence-corrected chi connectivity index (χ4v) is 2.22. The van der Waals surface area contributed by atoms with Gasteiger partial charge in [-0.25, -0.2) is 0 Å². The van der Waals surface area contributed by atoms with Gasteiger partial charge in [0, 0.05) is 19.6 Å². The van der Waals surface area contributed by atoms with Crippen molar-refractivity contribution in [2.75, 3.05) is 18.5 Å². The average molecular weight is 233 g/mol. The molecule has 0 radical (unpaired) electrons. The van der Waals surface area contributed by atoms with Crippen LogP contribution < -0.4 is 10.6 Å². The van der Waals surface area contributed by atoms with Crippen LogP contribution >= 0.6 is 0 Å². The molecule has 1 aliphatic rings. The number of hydrogen-bond acceptors (Lipinski definition) is 3. The normalized spacial score (nSPS) is 17.6. The van der Waals surface area contributed by atoms with Crippen LogP contribution in [0.15, 0.2) is 18.3 Å². The van der Waals surface area contributed by atoms with E-state index in [9.17, 15) is 0 Å². The highest BCUT2D eigenvalue weighted by atomic mass is 15.1. The summed E-state index contributed by atoms with van der Waals surface area (Å²) in [5.74, 6) is 0.887. The zero-order chi connectivity index (χ0) is 12.3. The minimum absolute atomic E-state index is 0.0704. The van der Waals surface area contributed by atoms with Crippen LogP contribution in [0.25, 0.3) is 0 Å². The molecule has 1 aromatic rings. The molecule has 0 aliphatic heterocycles. The maximum absolute atomic E-state index is 5.96. The highest BCUT2D eigenvalue weighted by molar-refractivity contribution is 5.44. The summed E-state index contributed by atoms with van der Waals surface area (Å²) in [6.07, 6.45) is 7.06. The van der Waals surface area contributed by atoms with E-state index in [0.717, 1.165) is 24.6 Å². The van der Waals surface area contributed by atoms with Gasteiger partial charge in [0.1, 0.15) is 0 Å².